The van der Waals surface area contributed by atoms with Crippen molar-refractivity contribution in [2.75, 3.05) is 11.2 Å². The molecule has 1 aliphatic heterocycles. The molecule has 10 heteroatoms. The second-order valence-corrected chi connectivity index (χ2v) is 7.94. The predicted molar refractivity (Wildman–Crippen MR) is 107 cm³/mol. The third-order valence-corrected chi connectivity index (χ3v) is 5.64. The molecule has 0 fully saturated rings. The molecule has 3 aromatic heterocycles. The molecule has 1 atom stereocenters. The van der Waals surface area contributed by atoms with Gasteiger partial charge in [0.1, 0.15) is 6.54 Å². The van der Waals surface area contributed by atoms with Gasteiger partial charge in [0, 0.05) is 29.0 Å². The maximum absolute atomic E-state index is 13.1. The minimum atomic E-state index is -4.39. The molecule has 156 valence electrons. The van der Waals surface area contributed by atoms with Crippen molar-refractivity contribution in [2.24, 2.45) is 0 Å². The number of rotatable bonds is 4. The van der Waals surface area contributed by atoms with Gasteiger partial charge in [-0.25, -0.2) is 4.98 Å². The molecule has 0 unspecified atom stereocenters. The lowest BCUT2D eigenvalue weighted by Crippen LogP contribution is -2.26. The molecule has 4 rings (SSSR count). The Morgan fingerprint density at radius 1 is 1.20 bits per heavy atom. The van der Waals surface area contributed by atoms with Gasteiger partial charge >= 0.3 is 6.18 Å². The van der Waals surface area contributed by atoms with E-state index in [1.807, 2.05) is 25.3 Å². The highest BCUT2D eigenvalue weighted by molar-refractivity contribution is 7.98. The number of thioether (sulfide) groups is 1. The summed E-state index contributed by atoms with van der Waals surface area (Å²) >= 11 is 1.57. The zero-order valence-corrected chi connectivity index (χ0v) is 17.3. The lowest BCUT2D eigenvalue weighted by atomic mass is 10.0. The maximum Gasteiger partial charge on any atom is 0.408 e. The van der Waals surface area contributed by atoms with E-state index in [0.717, 1.165) is 20.7 Å². The van der Waals surface area contributed by atoms with Crippen molar-refractivity contribution in [3.63, 3.8) is 0 Å². The topological polar surface area (TPSA) is 63.9 Å². The van der Waals surface area contributed by atoms with E-state index < -0.39 is 18.8 Å². The molecule has 0 radical (unpaired) electrons. The average molecular weight is 433 g/mol. The molecule has 0 aliphatic carbocycles. The molecule has 30 heavy (non-hydrogen) atoms. The molecule has 1 aliphatic rings. The van der Waals surface area contributed by atoms with E-state index in [4.69, 9.17) is 4.98 Å². The Bertz CT molecular complexity index is 1130. The van der Waals surface area contributed by atoms with Crippen LogP contribution in [0.4, 0.5) is 18.9 Å². The summed E-state index contributed by atoms with van der Waals surface area (Å²) in [6.07, 6.45) is 3.55. The SMILES string of the molecule is CSc1cncc(-c2cc(C)c3c(n2)[C@H](C)N(c2cnn(CC(F)(F)F)c2)C3=O)c1. The van der Waals surface area contributed by atoms with Crippen LogP contribution in [-0.2, 0) is 6.54 Å². The first-order valence-corrected chi connectivity index (χ1v) is 10.3. The number of anilines is 1. The second-order valence-electron chi connectivity index (χ2n) is 7.06. The van der Waals surface area contributed by atoms with Gasteiger partial charge in [0.25, 0.3) is 5.91 Å². The van der Waals surface area contributed by atoms with Crippen LogP contribution in [0.3, 0.4) is 0 Å². The van der Waals surface area contributed by atoms with Gasteiger partial charge in [-0.1, -0.05) is 0 Å². The van der Waals surface area contributed by atoms with Crippen molar-refractivity contribution in [1.82, 2.24) is 19.7 Å². The van der Waals surface area contributed by atoms with Crippen molar-refractivity contribution in [3.8, 4) is 11.3 Å². The Morgan fingerprint density at radius 3 is 2.67 bits per heavy atom. The number of alkyl halides is 3. The van der Waals surface area contributed by atoms with Crippen LogP contribution in [0.15, 0.2) is 41.8 Å². The number of amides is 1. The number of carbonyl (C=O) groups excluding carboxylic acids is 1. The smallest absolute Gasteiger partial charge is 0.296 e. The first-order chi connectivity index (χ1) is 14.2. The largest absolute Gasteiger partial charge is 0.408 e. The molecule has 4 heterocycles. The number of fused-ring (bicyclic) bond motifs is 1. The quantitative estimate of drug-likeness (QED) is 0.561. The summed E-state index contributed by atoms with van der Waals surface area (Å²) in [5.74, 6) is -0.295. The molecule has 0 N–H and O–H groups in total. The molecule has 1 amide bonds. The Morgan fingerprint density at radius 2 is 1.97 bits per heavy atom. The highest BCUT2D eigenvalue weighted by Gasteiger charge is 2.39. The molecular formula is C20H18F3N5OS. The van der Waals surface area contributed by atoms with E-state index in [1.54, 1.807) is 31.1 Å². The fourth-order valence-electron chi connectivity index (χ4n) is 3.60. The van der Waals surface area contributed by atoms with Crippen LogP contribution in [-0.4, -0.2) is 38.1 Å². The van der Waals surface area contributed by atoms with Gasteiger partial charge < -0.3 is 0 Å². The molecule has 0 aromatic carbocycles. The van der Waals surface area contributed by atoms with Crippen LogP contribution < -0.4 is 4.90 Å². The number of carbonyl (C=O) groups is 1. The number of aromatic nitrogens is 4. The lowest BCUT2D eigenvalue weighted by Gasteiger charge is -2.19. The van der Waals surface area contributed by atoms with Gasteiger partial charge in [0.2, 0.25) is 0 Å². The minimum Gasteiger partial charge on any atom is -0.296 e. The number of nitrogens with zero attached hydrogens (tertiary/aromatic N) is 5. The highest BCUT2D eigenvalue weighted by atomic mass is 32.2. The summed E-state index contributed by atoms with van der Waals surface area (Å²) in [7, 11) is 0. The monoisotopic (exact) mass is 433 g/mol. The van der Waals surface area contributed by atoms with E-state index in [2.05, 4.69) is 10.1 Å². The van der Waals surface area contributed by atoms with Crippen LogP contribution in [0.25, 0.3) is 11.3 Å². The maximum atomic E-state index is 13.1. The molecule has 0 saturated heterocycles. The number of hydrogen-bond acceptors (Lipinski definition) is 5. The van der Waals surface area contributed by atoms with E-state index in [0.29, 0.717) is 22.6 Å². The van der Waals surface area contributed by atoms with E-state index in [9.17, 15) is 18.0 Å². The number of aryl methyl sites for hydroxylation is 1. The molecule has 6 nitrogen and oxygen atoms in total. The summed E-state index contributed by atoms with van der Waals surface area (Å²) < 4.78 is 38.7. The Kier molecular flexibility index (Phi) is 5.05. The van der Waals surface area contributed by atoms with Crippen molar-refractivity contribution >= 4 is 23.4 Å². The Labute approximate surface area is 175 Å². The summed E-state index contributed by atoms with van der Waals surface area (Å²) in [4.78, 5) is 24.5. The van der Waals surface area contributed by atoms with Crippen LogP contribution in [0.5, 0.6) is 0 Å². The molecule has 0 saturated carbocycles. The van der Waals surface area contributed by atoms with Gasteiger partial charge in [-0.3, -0.25) is 19.4 Å². The van der Waals surface area contributed by atoms with Gasteiger partial charge in [-0.15, -0.1) is 11.8 Å². The zero-order valence-electron chi connectivity index (χ0n) is 16.4. The van der Waals surface area contributed by atoms with Crippen molar-refractivity contribution in [3.05, 3.63) is 53.7 Å². The summed E-state index contributed by atoms with van der Waals surface area (Å²) in [5, 5.41) is 3.76. The van der Waals surface area contributed by atoms with Crippen LogP contribution in [0.2, 0.25) is 0 Å². The molecule has 0 bridgehead atoms. The molecule has 3 aromatic rings. The van der Waals surface area contributed by atoms with Gasteiger partial charge in [0.05, 0.1) is 34.9 Å². The summed E-state index contributed by atoms with van der Waals surface area (Å²) in [6, 6.07) is 3.37. The number of hydrogen-bond donors (Lipinski definition) is 0. The van der Waals surface area contributed by atoms with Gasteiger partial charge in [0.15, 0.2) is 0 Å². The third-order valence-electron chi connectivity index (χ3n) is 4.94. The average Bonchev–Trinajstić information content (AvgIpc) is 3.22. The van der Waals surface area contributed by atoms with Crippen molar-refractivity contribution in [1.29, 1.82) is 0 Å². The number of pyridine rings is 2. The van der Waals surface area contributed by atoms with E-state index >= 15 is 0 Å². The van der Waals surface area contributed by atoms with Gasteiger partial charge in [-0.05, 0) is 37.8 Å². The zero-order chi connectivity index (χ0) is 21.6. The Hall–Kier alpha value is -2.88. The van der Waals surface area contributed by atoms with Crippen LogP contribution >= 0.6 is 11.8 Å². The highest BCUT2D eigenvalue weighted by Crippen LogP contribution is 2.39. The molecule has 0 spiro atoms. The van der Waals surface area contributed by atoms with Crippen LogP contribution in [0.1, 0.15) is 34.6 Å². The Balaban J connectivity index is 1.71. The van der Waals surface area contributed by atoms with E-state index in [1.165, 1.54) is 17.3 Å². The van der Waals surface area contributed by atoms with E-state index in [-0.39, 0.29) is 5.91 Å². The lowest BCUT2D eigenvalue weighted by molar-refractivity contribution is -0.142. The van der Waals surface area contributed by atoms with Crippen LogP contribution in [0, 0.1) is 6.92 Å². The van der Waals surface area contributed by atoms with Crippen molar-refractivity contribution in [2.45, 2.75) is 37.5 Å². The first kappa shape index (κ1) is 20.4. The van der Waals surface area contributed by atoms with Crippen molar-refractivity contribution < 1.29 is 18.0 Å². The molecular weight excluding hydrogens is 415 g/mol. The second kappa shape index (κ2) is 7.42. The fraction of sp³-hybridized carbons (Fsp3) is 0.300. The fourth-order valence-corrected chi connectivity index (χ4v) is 4.01. The number of halogens is 3. The third kappa shape index (κ3) is 3.67. The normalized spacial score (nSPS) is 16.3. The van der Waals surface area contributed by atoms with Gasteiger partial charge in [-0.2, -0.15) is 18.3 Å². The standard InChI is InChI=1S/C20H18F3N5OS/c1-11-4-16(13-5-15(30-3)8-24-6-13)26-18-12(2)28(19(29)17(11)18)14-7-25-27(9-14)10-20(21,22)23/h4-9,12H,10H2,1-3H3/t12-/m0/s1. The minimum absolute atomic E-state index is 0.295. The summed E-state index contributed by atoms with van der Waals surface area (Å²) in [5.41, 5.74) is 3.66. The first-order valence-electron chi connectivity index (χ1n) is 9.11. The predicted octanol–water partition coefficient (Wildman–Crippen LogP) is 4.65. The summed E-state index contributed by atoms with van der Waals surface area (Å²) in [6.45, 7) is 2.42.